The fourth-order valence-electron chi connectivity index (χ4n) is 1.70. The number of rotatable bonds is 2. The number of amidine groups is 1. The number of hydrogen-bond donors (Lipinski definition) is 1. The molecule has 2 heteroatoms. The molecule has 1 saturated carbocycles. The Kier molecular flexibility index (Phi) is 2.28. The highest BCUT2D eigenvalue weighted by molar-refractivity contribution is 5.98. The van der Waals surface area contributed by atoms with Crippen molar-refractivity contribution in [2.45, 2.75) is 19.8 Å². The van der Waals surface area contributed by atoms with Crippen LogP contribution in [0.5, 0.6) is 0 Å². The second-order valence-electron chi connectivity index (χ2n) is 4.01. The summed E-state index contributed by atoms with van der Waals surface area (Å²) in [6.07, 6.45) is 2.38. The predicted molar refractivity (Wildman–Crippen MR) is 60.0 cm³/mol. The van der Waals surface area contributed by atoms with Crippen LogP contribution in [0.3, 0.4) is 0 Å². The van der Waals surface area contributed by atoms with Crippen LogP contribution in [0.2, 0.25) is 0 Å². The first-order valence-corrected chi connectivity index (χ1v) is 5.08. The molecule has 2 nitrogen and oxygen atoms in total. The van der Waals surface area contributed by atoms with E-state index in [4.69, 9.17) is 5.41 Å². The molecule has 0 unspecified atom stereocenters. The van der Waals surface area contributed by atoms with Crippen molar-refractivity contribution < 1.29 is 0 Å². The standard InChI is InChI=1S/C12H16N2/c1-9-5-3-4-6-11(9)14(2)12(13)10-7-8-10/h3-6,10,13H,7-8H2,1-2H3. The number of anilines is 1. The van der Waals surface area contributed by atoms with Crippen LogP contribution < -0.4 is 4.90 Å². The minimum absolute atomic E-state index is 0.514. The largest absolute Gasteiger partial charge is 0.333 e. The maximum Gasteiger partial charge on any atom is 0.103 e. The molecule has 0 amide bonds. The summed E-state index contributed by atoms with van der Waals surface area (Å²) in [7, 11) is 1.99. The van der Waals surface area contributed by atoms with Crippen molar-refractivity contribution in [3.05, 3.63) is 29.8 Å². The lowest BCUT2D eigenvalue weighted by molar-refractivity contribution is 1.06. The van der Waals surface area contributed by atoms with Gasteiger partial charge in [0, 0.05) is 18.7 Å². The highest BCUT2D eigenvalue weighted by Crippen LogP contribution is 2.32. The van der Waals surface area contributed by atoms with Crippen molar-refractivity contribution in [3.8, 4) is 0 Å². The van der Waals surface area contributed by atoms with E-state index in [9.17, 15) is 0 Å². The van der Waals surface area contributed by atoms with Gasteiger partial charge in [-0.05, 0) is 31.4 Å². The van der Waals surface area contributed by atoms with E-state index in [0.717, 1.165) is 11.5 Å². The van der Waals surface area contributed by atoms with Crippen molar-refractivity contribution in [1.29, 1.82) is 5.41 Å². The van der Waals surface area contributed by atoms with E-state index < -0.39 is 0 Å². The molecule has 2 rings (SSSR count). The van der Waals surface area contributed by atoms with Gasteiger partial charge in [-0.2, -0.15) is 0 Å². The SMILES string of the molecule is Cc1ccccc1N(C)C(=N)C1CC1. The summed E-state index contributed by atoms with van der Waals surface area (Å²) >= 11 is 0. The fourth-order valence-corrected chi connectivity index (χ4v) is 1.70. The molecule has 1 aliphatic rings. The lowest BCUT2D eigenvalue weighted by atomic mass is 10.2. The second kappa shape index (κ2) is 3.45. The Bertz CT molecular complexity index is 353. The van der Waals surface area contributed by atoms with Gasteiger partial charge in [-0.1, -0.05) is 18.2 Å². The van der Waals surface area contributed by atoms with E-state index in [0.29, 0.717) is 5.92 Å². The number of nitrogens with zero attached hydrogens (tertiary/aromatic N) is 1. The Morgan fingerprint density at radius 1 is 1.36 bits per heavy atom. The van der Waals surface area contributed by atoms with Crippen LogP contribution in [-0.4, -0.2) is 12.9 Å². The highest BCUT2D eigenvalue weighted by Gasteiger charge is 2.29. The molecule has 1 aromatic rings. The molecular weight excluding hydrogens is 172 g/mol. The monoisotopic (exact) mass is 188 g/mol. The fraction of sp³-hybridized carbons (Fsp3) is 0.417. The van der Waals surface area contributed by atoms with Gasteiger partial charge in [0.1, 0.15) is 5.84 Å². The summed E-state index contributed by atoms with van der Waals surface area (Å²) in [5.74, 6) is 1.28. The minimum Gasteiger partial charge on any atom is -0.333 e. The quantitative estimate of drug-likeness (QED) is 0.560. The molecule has 14 heavy (non-hydrogen) atoms. The van der Waals surface area contributed by atoms with Crippen molar-refractivity contribution in [1.82, 2.24) is 0 Å². The summed E-state index contributed by atoms with van der Waals surface area (Å²) in [4.78, 5) is 2.01. The van der Waals surface area contributed by atoms with Gasteiger partial charge in [0.25, 0.3) is 0 Å². The predicted octanol–water partition coefficient (Wildman–Crippen LogP) is 2.82. The zero-order valence-corrected chi connectivity index (χ0v) is 8.75. The summed E-state index contributed by atoms with van der Waals surface area (Å²) in [6, 6.07) is 8.23. The van der Waals surface area contributed by atoms with Gasteiger partial charge in [-0.25, -0.2) is 0 Å². The smallest absolute Gasteiger partial charge is 0.103 e. The molecule has 0 heterocycles. The Morgan fingerprint density at radius 3 is 2.57 bits per heavy atom. The van der Waals surface area contributed by atoms with Crippen molar-refractivity contribution in [3.63, 3.8) is 0 Å². The third-order valence-electron chi connectivity index (χ3n) is 2.80. The van der Waals surface area contributed by atoms with E-state index in [1.165, 1.54) is 18.4 Å². The highest BCUT2D eigenvalue weighted by atomic mass is 15.2. The molecule has 1 fully saturated rings. The Labute approximate surface area is 85.1 Å². The lowest BCUT2D eigenvalue weighted by Crippen LogP contribution is -2.27. The number of nitrogens with one attached hydrogen (secondary N) is 1. The maximum atomic E-state index is 7.97. The van der Waals surface area contributed by atoms with Crippen LogP contribution in [0, 0.1) is 18.3 Å². The maximum absolute atomic E-state index is 7.97. The molecule has 74 valence electrons. The van der Waals surface area contributed by atoms with Gasteiger partial charge < -0.3 is 4.90 Å². The first-order valence-electron chi connectivity index (χ1n) is 5.08. The average molecular weight is 188 g/mol. The molecule has 0 atom stereocenters. The van der Waals surface area contributed by atoms with Gasteiger partial charge in [0.05, 0.1) is 0 Å². The zero-order chi connectivity index (χ0) is 10.1. The van der Waals surface area contributed by atoms with Crippen LogP contribution >= 0.6 is 0 Å². The minimum atomic E-state index is 0.514. The van der Waals surface area contributed by atoms with Crippen molar-refractivity contribution >= 4 is 11.5 Å². The molecule has 0 aliphatic heterocycles. The first kappa shape index (κ1) is 9.25. The van der Waals surface area contributed by atoms with Crippen LogP contribution in [0.15, 0.2) is 24.3 Å². The van der Waals surface area contributed by atoms with E-state index >= 15 is 0 Å². The zero-order valence-electron chi connectivity index (χ0n) is 8.75. The molecule has 0 spiro atoms. The molecule has 1 aromatic carbocycles. The van der Waals surface area contributed by atoms with Gasteiger partial charge in [-0.15, -0.1) is 0 Å². The molecule has 1 N–H and O–H groups in total. The second-order valence-corrected chi connectivity index (χ2v) is 4.01. The third kappa shape index (κ3) is 1.65. The Hall–Kier alpha value is -1.31. The topological polar surface area (TPSA) is 27.1 Å². The molecule has 0 saturated heterocycles. The number of benzene rings is 1. The van der Waals surface area contributed by atoms with Crippen molar-refractivity contribution in [2.24, 2.45) is 5.92 Å². The van der Waals surface area contributed by atoms with E-state index in [1.807, 2.05) is 24.1 Å². The lowest BCUT2D eigenvalue weighted by Gasteiger charge is -2.21. The first-order chi connectivity index (χ1) is 6.70. The van der Waals surface area contributed by atoms with Crippen LogP contribution in [0.25, 0.3) is 0 Å². The molecule has 0 bridgehead atoms. The Balaban J connectivity index is 2.21. The normalized spacial score (nSPS) is 15.3. The van der Waals surface area contributed by atoms with Crippen LogP contribution in [-0.2, 0) is 0 Å². The summed E-state index contributed by atoms with van der Waals surface area (Å²) in [6.45, 7) is 2.09. The average Bonchev–Trinajstić information content (AvgIpc) is 3.00. The number of hydrogen-bond acceptors (Lipinski definition) is 1. The molecule has 0 aromatic heterocycles. The van der Waals surface area contributed by atoms with E-state index in [1.54, 1.807) is 0 Å². The number of para-hydroxylation sites is 1. The molecular formula is C12H16N2. The van der Waals surface area contributed by atoms with Crippen LogP contribution in [0.4, 0.5) is 5.69 Å². The Morgan fingerprint density at radius 2 is 2.00 bits per heavy atom. The van der Waals surface area contributed by atoms with Gasteiger partial charge in [0.15, 0.2) is 0 Å². The van der Waals surface area contributed by atoms with Gasteiger partial charge in [0.2, 0.25) is 0 Å². The summed E-state index contributed by atoms with van der Waals surface area (Å²) in [5, 5.41) is 7.97. The number of aryl methyl sites for hydroxylation is 1. The molecule has 0 radical (unpaired) electrons. The van der Waals surface area contributed by atoms with Gasteiger partial charge >= 0.3 is 0 Å². The molecule has 1 aliphatic carbocycles. The summed E-state index contributed by atoms with van der Waals surface area (Å²) in [5.41, 5.74) is 2.39. The van der Waals surface area contributed by atoms with Crippen LogP contribution in [0.1, 0.15) is 18.4 Å². The van der Waals surface area contributed by atoms with E-state index in [2.05, 4.69) is 19.1 Å². The van der Waals surface area contributed by atoms with Gasteiger partial charge in [-0.3, -0.25) is 5.41 Å². The van der Waals surface area contributed by atoms with Crippen molar-refractivity contribution in [2.75, 3.05) is 11.9 Å². The summed E-state index contributed by atoms with van der Waals surface area (Å²) < 4.78 is 0. The third-order valence-corrected chi connectivity index (χ3v) is 2.80. The van der Waals surface area contributed by atoms with E-state index in [-0.39, 0.29) is 0 Å².